The lowest BCUT2D eigenvalue weighted by Gasteiger charge is -2.18. The highest BCUT2D eigenvalue weighted by molar-refractivity contribution is 5.94. The van der Waals surface area contributed by atoms with Crippen molar-refractivity contribution >= 4 is 5.78 Å². The highest BCUT2D eigenvalue weighted by Gasteiger charge is 2.08. The molecule has 0 fully saturated rings. The number of carbonyl (C=O) groups excluding carboxylic acids is 1. The van der Waals surface area contributed by atoms with Crippen LogP contribution in [0.15, 0.2) is 18.2 Å². The molecule has 0 aliphatic heterocycles. The zero-order valence-electron chi connectivity index (χ0n) is 14.9. The number of benzene rings is 1. The Bertz CT molecular complexity index is 473. The fraction of sp³-hybridized carbons (Fsp3) is 0.611. The van der Waals surface area contributed by atoms with Crippen molar-refractivity contribution in [3.05, 3.63) is 23.8 Å². The van der Waals surface area contributed by atoms with Crippen LogP contribution in [0.5, 0.6) is 11.5 Å². The molecule has 1 aromatic rings. The van der Waals surface area contributed by atoms with Crippen LogP contribution in [-0.2, 0) is 0 Å². The van der Waals surface area contributed by atoms with E-state index >= 15 is 0 Å². The Balaban J connectivity index is 2.27. The Morgan fingerprint density at radius 3 is 2.52 bits per heavy atom. The van der Waals surface area contributed by atoms with Gasteiger partial charge >= 0.3 is 0 Å². The number of hydrogen-bond acceptors (Lipinski definition) is 5. The lowest BCUT2D eigenvalue weighted by atomic mass is 10.1. The highest BCUT2D eigenvalue weighted by Crippen LogP contribution is 2.28. The Kier molecular flexibility index (Phi) is 9.33. The molecule has 0 radical (unpaired) electrons. The SMILES string of the molecule is CCN(CC)CCNCCCOc1ccc(C(C)=O)cc1OC. The average molecular weight is 322 g/mol. The smallest absolute Gasteiger partial charge is 0.161 e. The Morgan fingerprint density at radius 1 is 1.17 bits per heavy atom. The third kappa shape index (κ3) is 7.01. The molecule has 0 saturated carbocycles. The standard InChI is InChI=1S/C18H30N2O3/c1-5-20(6-2)12-11-19-10-7-13-23-17-9-8-16(15(3)21)14-18(17)22-4/h8-9,14,19H,5-7,10-13H2,1-4H3. The molecule has 5 heteroatoms. The molecular weight excluding hydrogens is 292 g/mol. The minimum Gasteiger partial charge on any atom is -0.493 e. The summed E-state index contributed by atoms with van der Waals surface area (Å²) in [6, 6.07) is 5.28. The molecule has 0 saturated heterocycles. The maximum absolute atomic E-state index is 11.4. The van der Waals surface area contributed by atoms with Gasteiger partial charge in [0.05, 0.1) is 13.7 Å². The molecule has 0 aromatic heterocycles. The molecular formula is C18H30N2O3. The first-order valence-electron chi connectivity index (χ1n) is 8.37. The fourth-order valence-corrected chi connectivity index (χ4v) is 2.29. The quantitative estimate of drug-likeness (QED) is 0.473. The summed E-state index contributed by atoms with van der Waals surface area (Å²) in [5.41, 5.74) is 0.632. The number of methoxy groups -OCH3 is 1. The van der Waals surface area contributed by atoms with Crippen LogP contribution in [-0.4, -0.2) is 57.1 Å². The number of hydrogen-bond donors (Lipinski definition) is 1. The van der Waals surface area contributed by atoms with E-state index < -0.39 is 0 Å². The first-order chi connectivity index (χ1) is 11.1. The molecule has 0 unspecified atom stereocenters. The number of nitrogens with zero attached hydrogens (tertiary/aromatic N) is 1. The largest absolute Gasteiger partial charge is 0.493 e. The monoisotopic (exact) mass is 322 g/mol. The van der Waals surface area contributed by atoms with Gasteiger partial charge in [-0.25, -0.2) is 0 Å². The summed E-state index contributed by atoms with van der Waals surface area (Å²) in [6.07, 6.45) is 0.926. The average Bonchev–Trinajstić information content (AvgIpc) is 2.57. The molecule has 0 atom stereocenters. The normalized spacial score (nSPS) is 10.8. The molecule has 0 aliphatic carbocycles. The van der Waals surface area contributed by atoms with E-state index in [9.17, 15) is 4.79 Å². The molecule has 1 rings (SSSR count). The summed E-state index contributed by atoms with van der Waals surface area (Å²) in [7, 11) is 1.58. The molecule has 130 valence electrons. The van der Waals surface area contributed by atoms with Crippen molar-refractivity contribution in [1.82, 2.24) is 10.2 Å². The van der Waals surface area contributed by atoms with Crippen LogP contribution in [0.1, 0.15) is 37.6 Å². The molecule has 1 N–H and O–H groups in total. The third-order valence-corrected chi connectivity index (χ3v) is 3.82. The van der Waals surface area contributed by atoms with Gasteiger partial charge < -0.3 is 19.7 Å². The highest BCUT2D eigenvalue weighted by atomic mass is 16.5. The van der Waals surface area contributed by atoms with Crippen molar-refractivity contribution in [2.24, 2.45) is 0 Å². The van der Waals surface area contributed by atoms with Crippen LogP contribution in [0.4, 0.5) is 0 Å². The van der Waals surface area contributed by atoms with Gasteiger partial charge in [-0.3, -0.25) is 4.79 Å². The fourth-order valence-electron chi connectivity index (χ4n) is 2.29. The van der Waals surface area contributed by atoms with Crippen LogP contribution in [0.25, 0.3) is 0 Å². The minimum atomic E-state index is 0.0206. The van der Waals surface area contributed by atoms with Crippen molar-refractivity contribution in [2.75, 3.05) is 46.4 Å². The van der Waals surface area contributed by atoms with Gasteiger partial charge in [0.15, 0.2) is 17.3 Å². The van der Waals surface area contributed by atoms with Gasteiger partial charge in [0.2, 0.25) is 0 Å². The molecule has 0 spiro atoms. The topological polar surface area (TPSA) is 50.8 Å². The van der Waals surface area contributed by atoms with E-state index in [0.29, 0.717) is 23.7 Å². The Hall–Kier alpha value is -1.59. The van der Waals surface area contributed by atoms with Gasteiger partial charge in [-0.15, -0.1) is 0 Å². The zero-order chi connectivity index (χ0) is 17.1. The first kappa shape index (κ1) is 19.5. The lowest BCUT2D eigenvalue weighted by molar-refractivity contribution is 0.101. The summed E-state index contributed by atoms with van der Waals surface area (Å²) >= 11 is 0. The molecule has 0 amide bonds. The summed E-state index contributed by atoms with van der Waals surface area (Å²) in [4.78, 5) is 13.8. The van der Waals surface area contributed by atoms with Crippen LogP contribution < -0.4 is 14.8 Å². The van der Waals surface area contributed by atoms with Crippen LogP contribution >= 0.6 is 0 Å². The van der Waals surface area contributed by atoms with Crippen molar-refractivity contribution in [3.63, 3.8) is 0 Å². The number of ether oxygens (including phenoxy) is 2. The molecule has 1 aromatic carbocycles. The van der Waals surface area contributed by atoms with Crippen LogP contribution in [0.3, 0.4) is 0 Å². The second-order valence-electron chi connectivity index (χ2n) is 5.40. The maximum Gasteiger partial charge on any atom is 0.161 e. The summed E-state index contributed by atoms with van der Waals surface area (Å²) in [6.45, 7) is 11.7. The van der Waals surface area contributed by atoms with Gasteiger partial charge in [-0.2, -0.15) is 0 Å². The predicted octanol–water partition coefficient (Wildman–Crippen LogP) is 2.60. The number of likely N-dealkylation sites (N-methyl/N-ethyl adjacent to an activating group) is 1. The second-order valence-corrected chi connectivity index (χ2v) is 5.40. The molecule has 0 heterocycles. The van der Waals surface area contributed by atoms with Crippen molar-refractivity contribution in [3.8, 4) is 11.5 Å². The van der Waals surface area contributed by atoms with E-state index in [0.717, 1.165) is 39.1 Å². The predicted molar refractivity (Wildman–Crippen MR) is 93.8 cm³/mol. The van der Waals surface area contributed by atoms with E-state index in [1.807, 2.05) is 0 Å². The molecule has 0 bridgehead atoms. The van der Waals surface area contributed by atoms with Crippen molar-refractivity contribution in [1.29, 1.82) is 0 Å². The molecule has 0 aliphatic rings. The Labute approximate surface area is 140 Å². The number of nitrogens with one attached hydrogen (secondary N) is 1. The van der Waals surface area contributed by atoms with E-state index in [4.69, 9.17) is 9.47 Å². The van der Waals surface area contributed by atoms with Crippen LogP contribution in [0.2, 0.25) is 0 Å². The van der Waals surface area contributed by atoms with Gasteiger partial charge in [0.25, 0.3) is 0 Å². The number of ketones is 1. The number of Topliss-reactive ketones (excluding diaryl/α,β-unsaturated/α-hetero) is 1. The van der Waals surface area contributed by atoms with E-state index in [2.05, 4.69) is 24.1 Å². The van der Waals surface area contributed by atoms with Gasteiger partial charge in [-0.1, -0.05) is 13.8 Å². The Morgan fingerprint density at radius 2 is 1.91 bits per heavy atom. The van der Waals surface area contributed by atoms with Crippen LogP contribution in [0, 0.1) is 0 Å². The van der Waals surface area contributed by atoms with Gasteiger partial charge in [-0.05, 0) is 51.2 Å². The van der Waals surface area contributed by atoms with E-state index in [1.54, 1.807) is 32.2 Å². The summed E-state index contributed by atoms with van der Waals surface area (Å²) < 4.78 is 11.0. The number of carbonyl (C=O) groups is 1. The number of rotatable bonds is 12. The van der Waals surface area contributed by atoms with Gasteiger partial charge in [0, 0.05) is 18.7 Å². The summed E-state index contributed by atoms with van der Waals surface area (Å²) in [5, 5.41) is 3.43. The van der Waals surface area contributed by atoms with E-state index in [-0.39, 0.29) is 5.78 Å². The summed E-state index contributed by atoms with van der Waals surface area (Å²) in [5.74, 6) is 1.31. The van der Waals surface area contributed by atoms with Crippen molar-refractivity contribution in [2.45, 2.75) is 27.2 Å². The molecule has 5 nitrogen and oxygen atoms in total. The minimum absolute atomic E-state index is 0.0206. The molecule has 23 heavy (non-hydrogen) atoms. The first-order valence-corrected chi connectivity index (χ1v) is 8.37. The lowest BCUT2D eigenvalue weighted by Crippen LogP contribution is -2.32. The van der Waals surface area contributed by atoms with Crippen molar-refractivity contribution < 1.29 is 14.3 Å². The maximum atomic E-state index is 11.4. The third-order valence-electron chi connectivity index (χ3n) is 3.82. The zero-order valence-corrected chi connectivity index (χ0v) is 14.9. The van der Waals surface area contributed by atoms with Gasteiger partial charge in [0.1, 0.15) is 0 Å². The van der Waals surface area contributed by atoms with E-state index in [1.165, 1.54) is 0 Å². The second kappa shape index (κ2) is 11.0.